The van der Waals surface area contributed by atoms with Gasteiger partial charge in [-0.1, -0.05) is 23.7 Å². The van der Waals surface area contributed by atoms with Crippen LogP contribution in [0.15, 0.2) is 42.6 Å². The summed E-state index contributed by atoms with van der Waals surface area (Å²) in [7, 11) is 0. The van der Waals surface area contributed by atoms with Crippen LogP contribution in [0.5, 0.6) is 17.4 Å². The molecule has 3 heterocycles. The van der Waals surface area contributed by atoms with Crippen LogP contribution in [0.3, 0.4) is 0 Å². The Morgan fingerprint density at radius 3 is 2.75 bits per heavy atom. The molecule has 1 aromatic carbocycles. The van der Waals surface area contributed by atoms with Crippen LogP contribution >= 0.6 is 11.6 Å². The van der Waals surface area contributed by atoms with Crippen molar-refractivity contribution in [1.29, 1.82) is 0 Å². The standard InChI is InChI=1S/C17H15ClN2O4/c18-11-5-6-16(19-7-11)23-12-8-20(9-12)17(21)15-10-22-13-3-1-2-4-14(13)24-15/h1-7,12,15H,8-10H2. The first-order valence-electron chi connectivity index (χ1n) is 7.64. The summed E-state index contributed by atoms with van der Waals surface area (Å²) in [6.45, 7) is 1.23. The van der Waals surface area contributed by atoms with Gasteiger partial charge in [-0.05, 0) is 18.2 Å². The van der Waals surface area contributed by atoms with E-state index in [4.69, 9.17) is 25.8 Å². The number of fused-ring (bicyclic) bond motifs is 1. The maximum Gasteiger partial charge on any atom is 0.267 e. The van der Waals surface area contributed by atoms with E-state index in [2.05, 4.69) is 4.98 Å². The molecule has 1 fully saturated rings. The molecule has 1 unspecified atom stereocenters. The third-order valence-electron chi connectivity index (χ3n) is 3.93. The van der Waals surface area contributed by atoms with E-state index in [1.54, 1.807) is 23.1 Å². The SMILES string of the molecule is O=C(C1COc2ccccc2O1)N1CC(Oc2ccc(Cl)cn2)C1. The fourth-order valence-electron chi connectivity index (χ4n) is 2.64. The predicted molar refractivity (Wildman–Crippen MR) is 86.6 cm³/mol. The van der Waals surface area contributed by atoms with E-state index >= 15 is 0 Å². The molecule has 0 saturated carbocycles. The molecule has 6 nitrogen and oxygen atoms in total. The van der Waals surface area contributed by atoms with Gasteiger partial charge in [0.05, 0.1) is 18.1 Å². The van der Waals surface area contributed by atoms with Crippen LogP contribution in [0.25, 0.3) is 0 Å². The normalized spacial score (nSPS) is 19.5. The Balaban J connectivity index is 1.31. The van der Waals surface area contributed by atoms with Gasteiger partial charge in [0.1, 0.15) is 12.7 Å². The maximum atomic E-state index is 12.5. The lowest BCUT2D eigenvalue weighted by atomic mass is 10.1. The van der Waals surface area contributed by atoms with Gasteiger partial charge < -0.3 is 19.1 Å². The molecule has 0 bridgehead atoms. The minimum Gasteiger partial charge on any atom is -0.485 e. The van der Waals surface area contributed by atoms with E-state index in [1.165, 1.54) is 6.20 Å². The highest BCUT2D eigenvalue weighted by molar-refractivity contribution is 6.30. The van der Waals surface area contributed by atoms with Crippen molar-refractivity contribution in [2.45, 2.75) is 12.2 Å². The topological polar surface area (TPSA) is 60.9 Å². The van der Waals surface area contributed by atoms with Crippen LogP contribution in [0.4, 0.5) is 0 Å². The van der Waals surface area contributed by atoms with Crippen LogP contribution in [0.2, 0.25) is 5.02 Å². The van der Waals surface area contributed by atoms with E-state index < -0.39 is 6.10 Å². The lowest BCUT2D eigenvalue weighted by Crippen LogP contribution is -2.60. The quantitative estimate of drug-likeness (QED) is 0.852. The Hall–Kier alpha value is -2.47. The Bertz CT molecular complexity index is 747. The Morgan fingerprint density at radius 2 is 2.00 bits per heavy atom. The molecule has 7 heteroatoms. The minimum absolute atomic E-state index is 0.0700. The van der Waals surface area contributed by atoms with Crippen molar-refractivity contribution in [1.82, 2.24) is 9.88 Å². The van der Waals surface area contributed by atoms with Gasteiger partial charge in [0.2, 0.25) is 12.0 Å². The van der Waals surface area contributed by atoms with E-state index in [1.807, 2.05) is 18.2 Å². The molecule has 0 spiro atoms. The lowest BCUT2D eigenvalue weighted by Gasteiger charge is -2.40. The van der Waals surface area contributed by atoms with Gasteiger partial charge in [0, 0.05) is 12.3 Å². The molecule has 2 aliphatic heterocycles. The number of para-hydroxylation sites is 2. The first-order valence-corrected chi connectivity index (χ1v) is 8.02. The van der Waals surface area contributed by atoms with Gasteiger partial charge in [-0.25, -0.2) is 4.98 Å². The zero-order valence-electron chi connectivity index (χ0n) is 12.7. The number of hydrogen-bond donors (Lipinski definition) is 0. The summed E-state index contributed by atoms with van der Waals surface area (Å²) < 4.78 is 17.0. The third kappa shape index (κ3) is 2.97. The summed E-state index contributed by atoms with van der Waals surface area (Å²) in [6, 6.07) is 10.8. The summed E-state index contributed by atoms with van der Waals surface area (Å²) in [4.78, 5) is 18.2. The molecule has 0 radical (unpaired) electrons. The number of carbonyl (C=O) groups excluding carboxylic acids is 1. The molecule has 0 N–H and O–H groups in total. The number of amides is 1. The molecule has 0 aliphatic carbocycles. The fourth-order valence-corrected chi connectivity index (χ4v) is 2.75. The number of hydrogen-bond acceptors (Lipinski definition) is 5. The van der Waals surface area contributed by atoms with Gasteiger partial charge in [0.15, 0.2) is 11.5 Å². The van der Waals surface area contributed by atoms with Gasteiger partial charge in [0.25, 0.3) is 5.91 Å². The molecule has 4 rings (SSSR count). The van der Waals surface area contributed by atoms with Gasteiger partial charge in [-0.15, -0.1) is 0 Å². The lowest BCUT2D eigenvalue weighted by molar-refractivity contribution is -0.150. The van der Waals surface area contributed by atoms with Crippen molar-refractivity contribution in [3.63, 3.8) is 0 Å². The highest BCUT2D eigenvalue weighted by Gasteiger charge is 2.38. The number of nitrogens with zero attached hydrogens (tertiary/aromatic N) is 2. The van der Waals surface area contributed by atoms with Gasteiger partial charge >= 0.3 is 0 Å². The Kier molecular flexibility index (Phi) is 3.90. The predicted octanol–water partition coefficient (Wildman–Crippen LogP) is 2.16. The van der Waals surface area contributed by atoms with Crippen LogP contribution in [0.1, 0.15) is 0 Å². The Morgan fingerprint density at radius 1 is 1.21 bits per heavy atom. The molecule has 1 aromatic heterocycles. The van der Waals surface area contributed by atoms with Crippen molar-refractivity contribution < 1.29 is 19.0 Å². The van der Waals surface area contributed by atoms with Gasteiger partial charge in [-0.3, -0.25) is 4.79 Å². The summed E-state index contributed by atoms with van der Waals surface area (Å²) >= 11 is 5.79. The first-order chi connectivity index (χ1) is 11.7. The highest BCUT2D eigenvalue weighted by atomic mass is 35.5. The molecule has 1 amide bonds. The third-order valence-corrected chi connectivity index (χ3v) is 4.15. The van der Waals surface area contributed by atoms with Crippen molar-refractivity contribution in [3.8, 4) is 17.4 Å². The summed E-state index contributed by atoms with van der Waals surface area (Å²) in [6.07, 6.45) is 0.845. The second-order valence-corrected chi connectivity index (χ2v) is 6.10. The molecule has 1 atom stereocenters. The number of benzene rings is 1. The van der Waals surface area contributed by atoms with E-state index in [0.29, 0.717) is 35.5 Å². The van der Waals surface area contributed by atoms with Crippen molar-refractivity contribution in [3.05, 3.63) is 47.6 Å². The zero-order chi connectivity index (χ0) is 16.5. The number of likely N-dealkylation sites (tertiary alicyclic amines) is 1. The van der Waals surface area contributed by atoms with E-state index in [9.17, 15) is 4.79 Å². The van der Waals surface area contributed by atoms with Crippen LogP contribution in [0, 0.1) is 0 Å². The molecule has 2 aromatic rings. The van der Waals surface area contributed by atoms with Gasteiger partial charge in [-0.2, -0.15) is 0 Å². The number of halogens is 1. The Labute approximate surface area is 143 Å². The van der Waals surface area contributed by atoms with Crippen LogP contribution < -0.4 is 14.2 Å². The smallest absolute Gasteiger partial charge is 0.267 e. The monoisotopic (exact) mass is 346 g/mol. The number of carbonyl (C=O) groups is 1. The number of pyridine rings is 1. The van der Waals surface area contributed by atoms with E-state index in [-0.39, 0.29) is 18.6 Å². The molecule has 1 saturated heterocycles. The van der Waals surface area contributed by atoms with Crippen molar-refractivity contribution in [2.24, 2.45) is 0 Å². The van der Waals surface area contributed by atoms with Crippen molar-refractivity contribution in [2.75, 3.05) is 19.7 Å². The average Bonchev–Trinajstić information content (AvgIpc) is 2.58. The first kappa shape index (κ1) is 15.1. The fraction of sp³-hybridized carbons (Fsp3) is 0.294. The van der Waals surface area contributed by atoms with Crippen LogP contribution in [-0.4, -0.2) is 47.7 Å². The summed E-state index contributed by atoms with van der Waals surface area (Å²) in [5.74, 6) is 1.68. The molecular formula is C17H15ClN2O4. The molecule has 2 aliphatic rings. The van der Waals surface area contributed by atoms with Crippen LogP contribution in [-0.2, 0) is 4.79 Å². The maximum absolute atomic E-state index is 12.5. The molecular weight excluding hydrogens is 332 g/mol. The number of rotatable bonds is 3. The largest absolute Gasteiger partial charge is 0.485 e. The van der Waals surface area contributed by atoms with E-state index in [0.717, 1.165) is 0 Å². The second-order valence-electron chi connectivity index (χ2n) is 5.66. The summed E-state index contributed by atoms with van der Waals surface area (Å²) in [5.41, 5.74) is 0. The zero-order valence-corrected chi connectivity index (χ0v) is 13.5. The van der Waals surface area contributed by atoms with Crippen molar-refractivity contribution >= 4 is 17.5 Å². The number of aromatic nitrogens is 1. The highest BCUT2D eigenvalue weighted by Crippen LogP contribution is 2.31. The average molecular weight is 347 g/mol. The minimum atomic E-state index is -0.616. The second kappa shape index (κ2) is 6.20. The molecule has 24 heavy (non-hydrogen) atoms. The number of ether oxygens (including phenoxy) is 3. The molecule has 124 valence electrons. The summed E-state index contributed by atoms with van der Waals surface area (Å²) in [5, 5.41) is 0.558.